The van der Waals surface area contributed by atoms with Gasteiger partial charge in [-0.25, -0.2) is 0 Å². The van der Waals surface area contributed by atoms with Gasteiger partial charge in [-0.2, -0.15) is 0 Å². The first-order chi connectivity index (χ1) is 9.02. The van der Waals surface area contributed by atoms with Crippen molar-refractivity contribution in [2.24, 2.45) is 5.41 Å². The molecule has 1 aromatic rings. The molecule has 0 fully saturated rings. The molecule has 0 saturated heterocycles. The molecule has 1 heterocycles. The Morgan fingerprint density at radius 3 is 2.79 bits per heavy atom. The zero-order valence-corrected chi connectivity index (χ0v) is 13.0. The van der Waals surface area contributed by atoms with E-state index in [4.69, 9.17) is 0 Å². The Labute approximate surface area is 121 Å². The van der Waals surface area contributed by atoms with E-state index in [1.165, 1.54) is 16.2 Å². The van der Waals surface area contributed by atoms with Crippen LogP contribution in [0.15, 0.2) is 29.2 Å². The van der Waals surface area contributed by atoms with Crippen LogP contribution in [-0.4, -0.2) is 30.1 Å². The van der Waals surface area contributed by atoms with E-state index in [2.05, 4.69) is 50.4 Å². The third-order valence-electron chi connectivity index (χ3n) is 3.87. The van der Waals surface area contributed by atoms with Crippen molar-refractivity contribution in [2.75, 3.05) is 18.9 Å². The Hall–Kier alpha value is -0.510. The number of hydrogen-bond acceptors (Lipinski definition) is 3. The minimum absolute atomic E-state index is 0.188. The molecule has 19 heavy (non-hydrogen) atoms. The molecule has 106 valence electrons. The molecule has 1 aliphatic rings. The van der Waals surface area contributed by atoms with Gasteiger partial charge in [0.1, 0.15) is 0 Å². The van der Waals surface area contributed by atoms with Crippen LogP contribution in [0.1, 0.15) is 38.7 Å². The van der Waals surface area contributed by atoms with Crippen molar-refractivity contribution in [1.29, 1.82) is 0 Å². The second-order valence-corrected chi connectivity index (χ2v) is 7.45. The van der Waals surface area contributed by atoms with Crippen LogP contribution < -0.4 is 5.32 Å². The van der Waals surface area contributed by atoms with E-state index in [0.717, 1.165) is 13.0 Å². The van der Waals surface area contributed by atoms with Gasteiger partial charge in [0.25, 0.3) is 0 Å². The summed E-state index contributed by atoms with van der Waals surface area (Å²) >= 11 is 1.96. The number of rotatable bonds is 5. The van der Waals surface area contributed by atoms with E-state index in [0.29, 0.717) is 12.0 Å². The molecule has 0 saturated carbocycles. The van der Waals surface area contributed by atoms with E-state index in [-0.39, 0.29) is 12.0 Å². The Bertz CT molecular complexity index is 413. The molecule has 2 nitrogen and oxygen atoms in total. The number of aliphatic hydroxyl groups excluding tert-OH is 1. The van der Waals surface area contributed by atoms with Crippen LogP contribution >= 0.6 is 11.8 Å². The summed E-state index contributed by atoms with van der Waals surface area (Å²) in [4.78, 5) is 1.43. The molecule has 2 N–H and O–H groups in total. The first-order valence-corrected chi connectivity index (χ1v) is 8.07. The zero-order valence-electron chi connectivity index (χ0n) is 12.1. The minimum atomic E-state index is 0.188. The van der Waals surface area contributed by atoms with Gasteiger partial charge < -0.3 is 10.4 Å². The fourth-order valence-corrected chi connectivity index (χ4v) is 3.91. The molecule has 0 bridgehead atoms. The van der Waals surface area contributed by atoms with Crippen molar-refractivity contribution < 1.29 is 5.11 Å². The third-order valence-corrected chi connectivity index (χ3v) is 5.12. The summed E-state index contributed by atoms with van der Waals surface area (Å²) in [6.45, 7) is 7.96. The average molecular weight is 279 g/mol. The van der Waals surface area contributed by atoms with Gasteiger partial charge in [0.15, 0.2) is 0 Å². The second kappa shape index (κ2) is 6.29. The standard InChI is InChI=1S/C16H25NOS/c1-16(2,3)15(8-9-18)17-10-12-11-19-14-7-5-4-6-13(12)14/h4-7,12,15,17-18H,8-11H2,1-3H3. The normalized spacial score (nSPS) is 20.3. The van der Waals surface area contributed by atoms with Gasteiger partial charge in [-0.1, -0.05) is 39.0 Å². The summed E-state index contributed by atoms with van der Waals surface area (Å²) in [5.74, 6) is 1.77. The number of benzene rings is 1. The van der Waals surface area contributed by atoms with Crippen LogP contribution in [-0.2, 0) is 0 Å². The first-order valence-electron chi connectivity index (χ1n) is 7.08. The molecule has 0 spiro atoms. The van der Waals surface area contributed by atoms with Crippen molar-refractivity contribution >= 4 is 11.8 Å². The molecule has 0 aliphatic carbocycles. The van der Waals surface area contributed by atoms with Gasteiger partial charge in [-0.15, -0.1) is 11.8 Å². The molecule has 1 aromatic carbocycles. The summed E-state index contributed by atoms with van der Waals surface area (Å²) in [6.07, 6.45) is 0.824. The van der Waals surface area contributed by atoms with Crippen LogP contribution in [0.5, 0.6) is 0 Å². The second-order valence-electron chi connectivity index (χ2n) is 6.38. The van der Waals surface area contributed by atoms with Crippen LogP contribution in [0.4, 0.5) is 0 Å². The lowest BCUT2D eigenvalue weighted by atomic mass is 9.84. The van der Waals surface area contributed by atoms with Gasteiger partial charge in [0.05, 0.1) is 0 Å². The maximum Gasteiger partial charge on any atom is 0.0446 e. The van der Waals surface area contributed by atoms with Crippen molar-refractivity contribution in [3.05, 3.63) is 29.8 Å². The topological polar surface area (TPSA) is 32.3 Å². The SMILES string of the molecule is CC(C)(C)C(CCO)NCC1CSc2ccccc21. The molecule has 0 amide bonds. The quantitative estimate of drug-likeness (QED) is 0.867. The molecule has 0 aromatic heterocycles. The van der Waals surface area contributed by atoms with Gasteiger partial charge in [0.2, 0.25) is 0 Å². The molecular formula is C16H25NOS. The largest absolute Gasteiger partial charge is 0.396 e. The molecule has 2 rings (SSSR count). The van der Waals surface area contributed by atoms with Crippen molar-refractivity contribution in [2.45, 2.75) is 44.0 Å². The molecule has 1 aliphatic heterocycles. The molecular weight excluding hydrogens is 254 g/mol. The van der Waals surface area contributed by atoms with Crippen LogP contribution in [0.3, 0.4) is 0 Å². The fourth-order valence-electron chi connectivity index (χ4n) is 2.65. The van der Waals surface area contributed by atoms with Gasteiger partial charge in [-0.05, 0) is 23.5 Å². The third kappa shape index (κ3) is 3.74. The van der Waals surface area contributed by atoms with E-state index >= 15 is 0 Å². The van der Waals surface area contributed by atoms with Crippen LogP contribution in [0.2, 0.25) is 0 Å². The molecule has 2 atom stereocenters. The predicted molar refractivity (Wildman–Crippen MR) is 82.9 cm³/mol. The Balaban J connectivity index is 1.96. The average Bonchev–Trinajstić information content (AvgIpc) is 2.76. The highest BCUT2D eigenvalue weighted by Crippen LogP contribution is 2.39. The molecule has 0 radical (unpaired) electrons. The number of fused-ring (bicyclic) bond motifs is 1. The summed E-state index contributed by atoms with van der Waals surface area (Å²) < 4.78 is 0. The Morgan fingerprint density at radius 1 is 1.37 bits per heavy atom. The van der Waals surface area contributed by atoms with E-state index in [1.54, 1.807) is 0 Å². The molecule has 3 heteroatoms. The first kappa shape index (κ1) is 14.9. The van der Waals surface area contributed by atoms with Gasteiger partial charge in [-0.3, -0.25) is 0 Å². The highest BCUT2D eigenvalue weighted by atomic mass is 32.2. The van der Waals surface area contributed by atoms with Crippen molar-refractivity contribution in [1.82, 2.24) is 5.32 Å². The zero-order chi connectivity index (χ0) is 13.9. The number of aliphatic hydroxyl groups is 1. The monoisotopic (exact) mass is 279 g/mol. The van der Waals surface area contributed by atoms with Crippen LogP contribution in [0.25, 0.3) is 0 Å². The number of nitrogens with one attached hydrogen (secondary N) is 1. The maximum absolute atomic E-state index is 9.21. The van der Waals surface area contributed by atoms with Crippen molar-refractivity contribution in [3.63, 3.8) is 0 Å². The maximum atomic E-state index is 9.21. The lowest BCUT2D eigenvalue weighted by Gasteiger charge is -2.32. The Kier molecular flexibility index (Phi) is 4.93. The summed E-state index contributed by atoms with van der Waals surface area (Å²) in [5, 5.41) is 12.9. The van der Waals surface area contributed by atoms with E-state index < -0.39 is 0 Å². The highest BCUT2D eigenvalue weighted by molar-refractivity contribution is 7.99. The summed E-state index contributed by atoms with van der Waals surface area (Å²) in [7, 11) is 0. The highest BCUT2D eigenvalue weighted by Gasteiger charge is 2.27. The lowest BCUT2D eigenvalue weighted by molar-refractivity contribution is 0.196. The van der Waals surface area contributed by atoms with Gasteiger partial charge in [0, 0.05) is 35.8 Å². The number of thioether (sulfide) groups is 1. The van der Waals surface area contributed by atoms with E-state index in [1.807, 2.05) is 11.8 Å². The summed E-state index contributed by atoms with van der Waals surface area (Å²) in [6, 6.07) is 9.09. The molecule has 2 unspecified atom stereocenters. The lowest BCUT2D eigenvalue weighted by Crippen LogP contribution is -2.42. The van der Waals surface area contributed by atoms with Crippen LogP contribution in [0, 0.1) is 5.41 Å². The fraction of sp³-hybridized carbons (Fsp3) is 0.625. The predicted octanol–water partition coefficient (Wildman–Crippen LogP) is 3.26. The minimum Gasteiger partial charge on any atom is -0.396 e. The van der Waals surface area contributed by atoms with Gasteiger partial charge >= 0.3 is 0 Å². The summed E-state index contributed by atoms with van der Waals surface area (Å²) in [5.41, 5.74) is 1.67. The Morgan fingerprint density at radius 2 is 2.11 bits per heavy atom. The number of hydrogen-bond donors (Lipinski definition) is 2. The smallest absolute Gasteiger partial charge is 0.0446 e. The van der Waals surface area contributed by atoms with E-state index in [9.17, 15) is 5.11 Å². The van der Waals surface area contributed by atoms with Crippen molar-refractivity contribution in [3.8, 4) is 0 Å².